The minimum atomic E-state index is 0.333. The van der Waals surface area contributed by atoms with Crippen LogP contribution in [0.3, 0.4) is 0 Å². The van der Waals surface area contributed by atoms with E-state index in [1.54, 1.807) is 11.3 Å². The third-order valence-corrected chi connectivity index (χ3v) is 5.12. The van der Waals surface area contributed by atoms with Crippen molar-refractivity contribution in [3.05, 3.63) is 16.5 Å². The highest BCUT2D eigenvalue weighted by atomic mass is 32.2. The molecule has 1 aliphatic rings. The molecule has 0 unspecified atom stereocenters. The lowest BCUT2D eigenvalue weighted by Gasteiger charge is -2.16. The fourth-order valence-electron chi connectivity index (χ4n) is 2.27. The van der Waals surface area contributed by atoms with Crippen LogP contribution < -0.4 is 0 Å². The van der Waals surface area contributed by atoms with Gasteiger partial charge in [-0.2, -0.15) is 5.26 Å². The van der Waals surface area contributed by atoms with E-state index in [1.807, 2.05) is 6.07 Å². The van der Waals surface area contributed by atoms with Crippen LogP contribution >= 0.6 is 23.1 Å². The van der Waals surface area contributed by atoms with Crippen molar-refractivity contribution in [2.24, 2.45) is 5.92 Å². The number of hydrogen-bond acceptors (Lipinski definition) is 6. The third-order valence-electron chi connectivity index (χ3n) is 3.21. The number of aryl methyl sites for hydroxylation is 1. The second-order valence-corrected chi connectivity index (χ2v) is 6.79. The first-order valence-electron chi connectivity index (χ1n) is 6.21. The van der Waals surface area contributed by atoms with E-state index < -0.39 is 0 Å². The highest BCUT2D eigenvalue weighted by molar-refractivity contribution is 7.99. The molecule has 1 atom stereocenters. The molecular weight excluding hydrogens is 278 g/mol. The molecule has 0 saturated heterocycles. The third kappa shape index (κ3) is 2.67. The minimum Gasteiger partial charge on any atom is -0.410 e. The highest BCUT2D eigenvalue weighted by Crippen LogP contribution is 2.37. The molecule has 0 saturated carbocycles. The van der Waals surface area contributed by atoms with E-state index in [2.05, 4.69) is 23.2 Å². The van der Waals surface area contributed by atoms with E-state index in [9.17, 15) is 0 Å². The van der Waals surface area contributed by atoms with Gasteiger partial charge >= 0.3 is 0 Å². The molecule has 2 aromatic rings. The average Bonchev–Trinajstić information content (AvgIpc) is 3.01. The van der Waals surface area contributed by atoms with Crippen molar-refractivity contribution in [1.29, 1.82) is 5.26 Å². The summed E-state index contributed by atoms with van der Waals surface area (Å²) in [6, 6.07) is 4.23. The van der Waals surface area contributed by atoms with Crippen LogP contribution in [0.1, 0.15) is 23.8 Å². The Morgan fingerprint density at radius 3 is 3.32 bits per heavy atom. The van der Waals surface area contributed by atoms with Crippen molar-refractivity contribution in [2.75, 3.05) is 5.75 Å². The van der Waals surface area contributed by atoms with Crippen LogP contribution in [0.4, 0.5) is 0 Å². The van der Waals surface area contributed by atoms with E-state index in [1.165, 1.54) is 28.6 Å². The second-order valence-electron chi connectivity index (χ2n) is 4.73. The normalized spacial score (nSPS) is 18.0. The quantitative estimate of drug-likeness (QED) is 0.809. The van der Waals surface area contributed by atoms with Crippen LogP contribution in [0.15, 0.2) is 15.7 Å². The Kier molecular flexibility index (Phi) is 3.58. The fourth-order valence-corrected chi connectivity index (χ4v) is 3.83. The largest absolute Gasteiger partial charge is 0.410 e. The predicted molar refractivity (Wildman–Crippen MR) is 75.1 cm³/mol. The summed E-state index contributed by atoms with van der Waals surface area (Å²) in [6.45, 7) is 2.30. The molecule has 6 heteroatoms. The lowest BCUT2D eigenvalue weighted by Crippen LogP contribution is -2.07. The van der Waals surface area contributed by atoms with Gasteiger partial charge in [0.15, 0.2) is 0 Å². The topological polar surface area (TPSA) is 62.7 Å². The molecule has 1 aliphatic carbocycles. The van der Waals surface area contributed by atoms with Gasteiger partial charge in [-0.15, -0.1) is 21.5 Å². The van der Waals surface area contributed by atoms with E-state index in [4.69, 9.17) is 9.68 Å². The van der Waals surface area contributed by atoms with Gasteiger partial charge in [-0.05, 0) is 36.8 Å². The fraction of sp³-hybridized carbons (Fsp3) is 0.462. The van der Waals surface area contributed by atoms with Gasteiger partial charge in [-0.25, -0.2) is 0 Å². The Bertz CT molecular complexity index is 626. The number of rotatable bonds is 3. The highest BCUT2D eigenvalue weighted by Gasteiger charge is 2.20. The van der Waals surface area contributed by atoms with Crippen LogP contribution in [0, 0.1) is 17.2 Å². The molecule has 0 aliphatic heterocycles. The summed E-state index contributed by atoms with van der Waals surface area (Å²) in [6.07, 6.45) is 3.57. The molecule has 19 heavy (non-hydrogen) atoms. The smallest absolute Gasteiger partial charge is 0.277 e. The van der Waals surface area contributed by atoms with Crippen molar-refractivity contribution >= 4 is 23.1 Å². The van der Waals surface area contributed by atoms with E-state index >= 15 is 0 Å². The number of fused-ring (bicyclic) bond motifs is 1. The first-order valence-corrected chi connectivity index (χ1v) is 8.01. The number of nitrogens with zero attached hydrogens (tertiary/aromatic N) is 3. The molecule has 0 radical (unpaired) electrons. The Hall–Kier alpha value is -1.32. The number of thiophene rings is 1. The van der Waals surface area contributed by atoms with Crippen LogP contribution in [0.25, 0.3) is 10.8 Å². The number of hydrogen-bond donors (Lipinski definition) is 0. The Morgan fingerprint density at radius 1 is 1.58 bits per heavy atom. The zero-order valence-electron chi connectivity index (χ0n) is 10.5. The van der Waals surface area contributed by atoms with Crippen LogP contribution in [0.5, 0.6) is 0 Å². The molecule has 4 nitrogen and oxygen atoms in total. The molecule has 2 aromatic heterocycles. The summed E-state index contributed by atoms with van der Waals surface area (Å²) in [5.41, 5.74) is 1.43. The average molecular weight is 291 g/mol. The molecule has 98 valence electrons. The van der Waals surface area contributed by atoms with Crippen molar-refractivity contribution in [3.8, 4) is 16.8 Å². The van der Waals surface area contributed by atoms with E-state index in [0.717, 1.165) is 23.6 Å². The monoisotopic (exact) mass is 291 g/mol. The standard InChI is InChI=1S/C13H13N3OS2/c1-8-2-3-10-9(6-8)7-11(19-10)12-15-16-13(17-12)18-5-4-14/h7-8H,2-3,5-6H2,1H3/t8-/m1/s1. The van der Waals surface area contributed by atoms with Crippen LogP contribution in [-0.2, 0) is 12.8 Å². The van der Waals surface area contributed by atoms with Gasteiger partial charge in [0.25, 0.3) is 11.1 Å². The molecular formula is C13H13N3OS2. The zero-order valence-corrected chi connectivity index (χ0v) is 12.2. The predicted octanol–water partition coefficient (Wildman–Crippen LogP) is 3.54. The van der Waals surface area contributed by atoms with Gasteiger partial charge in [-0.1, -0.05) is 18.7 Å². The summed E-state index contributed by atoms with van der Waals surface area (Å²) < 4.78 is 5.58. The molecule has 3 rings (SSSR count). The maximum absolute atomic E-state index is 8.53. The maximum Gasteiger partial charge on any atom is 0.277 e. The van der Waals surface area contributed by atoms with E-state index in [-0.39, 0.29) is 0 Å². The summed E-state index contributed by atoms with van der Waals surface area (Å²) in [5, 5.41) is 17.0. The van der Waals surface area contributed by atoms with Gasteiger partial charge in [0.1, 0.15) is 0 Å². The van der Waals surface area contributed by atoms with Crippen molar-refractivity contribution in [1.82, 2.24) is 10.2 Å². The van der Waals surface area contributed by atoms with Crippen molar-refractivity contribution in [3.63, 3.8) is 0 Å². The molecule has 0 amide bonds. The molecule has 0 aromatic carbocycles. The van der Waals surface area contributed by atoms with Crippen LogP contribution in [-0.4, -0.2) is 16.0 Å². The second kappa shape index (κ2) is 5.35. The van der Waals surface area contributed by atoms with Gasteiger partial charge in [0.05, 0.1) is 16.7 Å². The Morgan fingerprint density at radius 2 is 2.47 bits per heavy atom. The molecule has 0 fully saturated rings. The number of nitriles is 1. The maximum atomic E-state index is 8.53. The summed E-state index contributed by atoms with van der Waals surface area (Å²) in [5.74, 6) is 1.67. The van der Waals surface area contributed by atoms with Gasteiger partial charge in [0.2, 0.25) is 0 Å². The summed E-state index contributed by atoms with van der Waals surface area (Å²) in [4.78, 5) is 2.51. The molecule has 0 spiro atoms. The van der Waals surface area contributed by atoms with Gasteiger partial charge in [0, 0.05) is 4.88 Å². The van der Waals surface area contributed by atoms with Crippen molar-refractivity contribution in [2.45, 2.75) is 31.4 Å². The van der Waals surface area contributed by atoms with Gasteiger partial charge in [-0.3, -0.25) is 0 Å². The number of thioether (sulfide) groups is 1. The SMILES string of the molecule is C[C@@H]1CCc2sc(-c3nnc(SCC#N)o3)cc2C1. The Labute approximate surface area is 119 Å². The Balaban J connectivity index is 1.83. The lowest BCUT2D eigenvalue weighted by molar-refractivity contribution is 0.467. The minimum absolute atomic E-state index is 0.333. The molecule has 0 bridgehead atoms. The van der Waals surface area contributed by atoms with E-state index in [0.29, 0.717) is 16.9 Å². The lowest BCUT2D eigenvalue weighted by atomic mass is 9.90. The van der Waals surface area contributed by atoms with Crippen molar-refractivity contribution < 1.29 is 4.42 Å². The van der Waals surface area contributed by atoms with Gasteiger partial charge < -0.3 is 4.42 Å². The summed E-state index contributed by atoms with van der Waals surface area (Å²) >= 11 is 3.03. The first-order chi connectivity index (χ1) is 9.26. The molecule has 2 heterocycles. The first kappa shape index (κ1) is 12.7. The zero-order chi connectivity index (χ0) is 13.2. The number of aromatic nitrogens is 2. The summed E-state index contributed by atoms with van der Waals surface area (Å²) in [7, 11) is 0. The van der Waals surface area contributed by atoms with Crippen LogP contribution in [0.2, 0.25) is 0 Å². The molecule has 0 N–H and O–H groups in total.